The Morgan fingerprint density at radius 3 is 2.61 bits per heavy atom. The Labute approximate surface area is 167 Å². The van der Waals surface area contributed by atoms with Crippen LogP contribution < -0.4 is 10.1 Å². The normalized spacial score (nSPS) is 15.8. The van der Waals surface area contributed by atoms with Gasteiger partial charge in [-0.25, -0.2) is 0 Å². The standard InChI is InChI=1S/C23H30N2O3/c1-17-7-8-22(13-18(17)2)28-19(3)23(26)24-15-20-5-4-6-21(14-20)16-25-9-11-27-12-10-25/h4-8,13-14,19H,9-12,15-16H2,1-3H3,(H,24,26). The average molecular weight is 383 g/mol. The molecule has 1 unspecified atom stereocenters. The highest BCUT2D eigenvalue weighted by molar-refractivity contribution is 5.80. The van der Waals surface area contributed by atoms with E-state index in [2.05, 4.69) is 29.3 Å². The number of carbonyl (C=O) groups is 1. The first-order valence-electron chi connectivity index (χ1n) is 9.91. The molecule has 1 fully saturated rings. The molecule has 1 N–H and O–H groups in total. The average Bonchev–Trinajstić information content (AvgIpc) is 2.70. The van der Waals surface area contributed by atoms with Crippen LogP contribution in [0.4, 0.5) is 0 Å². The lowest BCUT2D eigenvalue weighted by Gasteiger charge is -2.26. The van der Waals surface area contributed by atoms with E-state index in [0.717, 1.165) is 49.7 Å². The Bertz CT molecular complexity index is 800. The van der Waals surface area contributed by atoms with E-state index in [0.29, 0.717) is 6.54 Å². The fourth-order valence-electron chi connectivity index (χ4n) is 3.23. The molecule has 1 heterocycles. The van der Waals surface area contributed by atoms with Crippen molar-refractivity contribution in [2.75, 3.05) is 26.3 Å². The summed E-state index contributed by atoms with van der Waals surface area (Å²) in [5, 5.41) is 2.98. The molecule has 5 nitrogen and oxygen atoms in total. The van der Waals surface area contributed by atoms with Gasteiger partial charge >= 0.3 is 0 Å². The SMILES string of the molecule is Cc1ccc(OC(C)C(=O)NCc2cccc(CN3CCOCC3)c2)cc1C. The molecule has 0 aromatic heterocycles. The van der Waals surface area contributed by atoms with Crippen LogP contribution in [-0.2, 0) is 22.6 Å². The first kappa shape index (κ1) is 20.4. The van der Waals surface area contributed by atoms with Crippen LogP contribution in [0.15, 0.2) is 42.5 Å². The minimum Gasteiger partial charge on any atom is -0.481 e. The Morgan fingerprint density at radius 1 is 1.11 bits per heavy atom. The van der Waals surface area contributed by atoms with Crippen molar-refractivity contribution < 1.29 is 14.3 Å². The van der Waals surface area contributed by atoms with E-state index in [1.165, 1.54) is 11.1 Å². The molecule has 2 aromatic rings. The summed E-state index contributed by atoms with van der Waals surface area (Å²) in [6, 6.07) is 14.3. The molecule has 1 amide bonds. The Balaban J connectivity index is 1.50. The third-order valence-electron chi connectivity index (χ3n) is 5.13. The monoisotopic (exact) mass is 382 g/mol. The number of hydrogen-bond donors (Lipinski definition) is 1. The quantitative estimate of drug-likeness (QED) is 0.799. The van der Waals surface area contributed by atoms with Gasteiger partial charge in [0.05, 0.1) is 13.2 Å². The number of morpholine rings is 1. The van der Waals surface area contributed by atoms with E-state index in [9.17, 15) is 4.79 Å². The van der Waals surface area contributed by atoms with Gasteiger partial charge in [-0.3, -0.25) is 9.69 Å². The summed E-state index contributed by atoms with van der Waals surface area (Å²) in [5.41, 5.74) is 4.72. The smallest absolute Gasteiger partial charge is 0.261 e. The maximum Gasteiger partial charge on any atom is 0.261 e. The highest BCUT2D eigenvalue weighted by Crippen LogP contribution is 2.18. The van der Waals surface area contributed by atoms with Gasteiger partial charge in [-0.1, -0.05) is 30.3 Å². The maximum atomic E-state index is 12.4. The van der Waals surface area contributed by atoms with Crippen LogP contribution in [0, 0.1) is 13.8 Å². The van der Waals surface area contributed by atoms with Gasteiger partial charge < -0.3 is 14.8 Å². The van der Waals surface area contributed by atoms with E-state index in [-0.39, 0.29) is 5.91 Å². The Morgan fingerprint density at radius 2 is 1.86 bits per heavy atom. The van der Waals surface area contributed by atoms with Crippen LogP contribution in [0.1, 0.15) is 29.2 Å². The van der Waals surface area contributed by atoms with Gasteiger partial charge in [-0.15, -0.1) is 0 Å². The molecule has 28 heavy (non-hydrogen) atoms. The second-order valence-electron chi connectivity index (χ2n) is 7.43. The predicted octanol–water partition coefficient (Wildman–Crippen LogP) is 3.22. The van der Waals surface area contributed by atoms with Crippen LogP contribution in [0.25, 0.3) is 0 Å². The lowest BCUT2D eigenvalue weighted by molar-refractivity contribution is -0.127. The zero-order valence-corrected chi connectivity index (χ0v) is 17.0. The molecule has 0 spiro atoms. The first-order chi connectivity index (χ1) is 13.5. The van der Waals surface area contributed by atoms with Gasteiger partial charge in [0.25, 0.3) is 5.91 Å². The molecule has 1 aliphatic heterocycles. The number of benzene rings is 2. The molecule has 1 atom stereocenters. The van der Waals surface area contributed by atoms with Crippen molar-refractivity contribution in [1.82, 2.24) is 10.2 Å². The zero-order valence-electron chi connectivity index (χ0n) is 17.0. The van der Waals surface area contributed by atoms with Crippen LogP contribution >= 0.6 is 0 Å². The van der Waals surface area contributed by atoms with Crippen molar-refractivity contribution in [2.24, 2.45) is 0 Å². The van der Waals surface area contributed by atoms with Gasteiger partial charge in [0.2, 0.25) is 0 Å². The van der Waals surface area contributed by atoms with Crippen LogP contribution in [0.5, 0.6) is 5.75 Å². The van der Waals surface area contributed by atoms with Crippen LogP contribution in [0.3, 0.4) is 0 Å². The highest BCUT2D eigenvalue weighted by atomic mass is 16.5. The number of nitrogens with one attached hydrogen (secondary N) is 1. The largest absolute Gasteiger partial charge is 0.481 e. The highest BCUT2D eigenvalue weighted by Gasteiger charge is 2.15. The zero-order chi connectivity index (χ0) is 19.9. The number of carbonyl (C=O) groups excluding carboxylic acids is 1. The topological polar surface area (TPSA) is 50.8 Å². The summed E-state index contributed by atoms with van der Waals surface area (Å²) in [6.45, 7) is 10.8. The van der Waals surface area contributed by atoms with Crippen molar-refractivity contribution in [3.05, 3.63) is 64.7 Å². The Kier molecular flexibility index (Phi) is 7.06. The van der Waals surface area contributed by atoms with E-state index in [4.69, 9.17) is 9.47 Å². The minimum absolute atomic E-state index is 0.114. The van der Waals surface area contributed by atoms with Gasteiger partial charge in [0.15, 0.2) is 6.10 Å². The molecular weight excluding hydrogens is 352 g/mol. The van der Waals surface area contributed by atoms with Gasteiger partial charge in [0.1, 0.15) is 5.75 Å². The molecule has 0 saturated carbocycles. The number of aryl methyl sites for hydroxylation is 2. The predicted molar refractivity (Wildman–Crippen MR) is 110 cm³/mol. The van der Waals surface area contributed by atoms with Crippen molar-refractivity contribution in [1.29, 1.82) is 0 Å². The Hall–Kier alpha value is -2.37. The van der Waals surface area contributed by atoms with Crippen molar-refractivity contribution in [3.8, 4) is 5.75 Å². The minimum atomic E-state index is -0.543. The summed E-state index contributed by atoms with van der Waals surface area (Å²) >= 11 is 0. The lowest BCUT2D eigenvalue weighted by atomic mass is 10.1. The third-order valence-corrected chi connectivity index (χ3v) is 5.13. The number of hydrogen-bond acceptors (Lipinski definition) is 4. The van der Waals surface area contributed by atoms with Crippen molar-refractivity contribution in [3.63, 3.8) is 0 Å². The summed E-state index contributed by atoms with van der Waals surface area (Å²) in [7, 11) is 0. The maximum absolute atomic E-state index is 12.4. The molecule has 5 heteroatoms. The molecular formula is C23H30N2O3. The van der Waals surface area contributed by atoms with Gasteiger partial charge in [-0.2, -0.15) is 0 Å². The van der Waals surface area contributed by atoms with E-state index < -0.39 is 6.10 Å². The second-order valence-corrected chi connectivity index (χ2v) is 7.43. The third kappa shape index (κ3) is 5.81. The van der Waals surface area contributed by atoms with Crippen LogP contribution in [0.2, 0.25) is 0 Å². The number of amides is 1. The van der Waals surface area contributed by atoms with Crippen molar-refractivity contribution in [2.45, 2.75) is 40.0 Å². The van der Waals surface area contributed by atoms with E-state index >= 15 is 0 Å². The van der Waals surface area contributed by atoms with Crippen LogP contribution in [-0.4, -0.2) is 43.2 Å². The van der Waals surface area contributed by atoms with Gasteiger partial charge in [0, 0.05) is 26.2 Å². The molecule has 1 aliphatic rings. The molecule has 0 aliphatic carbocycles. The summed E-state index contributed by atoms with van der Waals surface area (Å²) in [5.74, 6) is 0.607. The number of ether oxygens (including phenoxy) is 2. The van der Waals surface area contributed by atoms with Gasteiger partial charge in [-0.05, 0) is 55.2 Å². The molecule has 150 valence electrons. The molecule has 2 aromatic carbocycles. The number of nitrogens with zero attached hydrogens (tertiary/aromatic N) is 1. The molecule has 0 radical (unpaired) electrons. The molecule has 3 rings (SSSR count). The molecule has 1 saturated heterocycles. The summed E-state index contributed by atoms with van der Waals surface area (Å²) < 4.78 is 11.2. The second kappa shape index (κ2) is 9.71. The van der Waals surface area contributed by atoms with E-state index in [1.807, 2.05) is 37.3 Å². The summed E-state index contributed by atoms with van der Waals surface area (Å²) in [6.07, 6.45) is -0.543. The number of rotatable bonds is 7. The molecule has 0 bridgehead atoms. The fraction of sp³-hybridized carbons (Fsp3) is 0.435. The van der Waals surface area contributed by atoms with Crippen molar-refractivity contribution >= 4 is 5.91 Å². The summed E-state index contributed by atoms with van der Waals surface area (Å²) in [4.78, 5) is 14.8. The first-order valence-corrected chi connectivity index (χ1v) is 9.91. The fourth-order valence-corrected chi connectivity index (χ4v) is 3.23. The lowest BCUT2D eigenvalue weighted by Crippen LogP contribution is -2.36. The van der Waals surface area contributed by atoms with E-state index in [1.54, 1.807) is 6.92 Å².